The molecule has 1 saturated heterocycles. The largest absolute Gasteiger partial charge is 0.454 e. The van der Waals surface area contributed by atoms with Crippen molar-refractivity contribution in [1.29, 1.82) is 0 Å². The highest BCUT2D eigenvalue weighted by Gasteiger charge is 2.58. The first-order valence-electron chi connectivity index (χ1n) is 8.27. The van der Waals surface area contributed by atoms with Gasteiger partial charge in [0.1, 0.15) is 5.41 Å². The summed E-state index contributed by atoms with van der Waals surface area (Å²) in [5.41, 5.74) is -0.256. The maximum absolute atomic E-state index is 12.8. The minimum atomic E-state index is -0.883. The molecule has 3 aliphatic rings. The summed E-state index contributed by atoms with van der Waals surface area (Å²) in [6.07, 6.45) is 1.24. The molecule has 2 aliphatic heterocycles. The number of piperazine rings is 1. The van der Waals surface area contributed by atoms with E-state index in [-0.39, 0.29) is 18.6 Å². The van der Waals surface area contributed by atoms with Gasteiger partial charge in [0.2, 0.25) is 18.6 Å². The standard InChI is InChI=1S/C17H21N3O4/c1-19-6-8-20(9-7-19)16(22)17(4-5-17)15(21)18-12-2-3-13-14(10-12)24-11-23-13/h2-3,10H,4-9,11H2,1H3,(H,18,21). The van der Waals surface area contributed by atoms with Crippen LogP contribution in [0, 0.1) is 5.41 Å². The molecule has 7 heteroatoms. The van der Waals surface area contributed by atoms with Crippen molar-refractivity contribution in [2.24, 2.45) is 5.41 Å². The lowest BCUT2D eigenvalue weighted by Gasteiger charge is -2.34. The highest BCUT2D eigenvalue weighted by molar-refractivity contribution is 6.13. The fourth-order valence-electron chi connectivity index (χ4n) is 3.20. The smallest absolute Gasteiger partial charge is 0.240 e. The van der Waals surface area contributed by atoms with Gasteiger partial charge < -0.3 is 24.6 Å². The van der Waals surface area contributed by atoms with Crippen LogP contribution >= 0.6 is 0 Å². The van der Waals surface area contributed by atoms with E-state index < -0.39 is 5.41 Å². The Kier molecular flexibility index (Phi) is 3.60. The average Bonchev–Trinajstić information content (AvgIpc) is 3.27. The second-order valence-corrected chi connectivity index (χ2v) is 6.70. The van der Waals surface area contributed by atoms with Gasteiger partial charge in [-0.05, 0) is 32.0 Å². The van der Waals surface area contributed by atoms with E-state index in [1.807, 2.05) is 11.9 Å². The van der Waals surface area contributed by atoms with Gasteiger partial charge in [-0.15, -0.1) is 0 Å². The molecule has 4 rings (SSSR count). The highest BCUT2D eigenvalue weighted by atomic mass is 16.7. The Hall–Kier alpha value is -2.28. The van der Waals surface area contributed by atoms with Crippen LogP contribution in [0.5, 0.6) is 11.5 Å². The maximum atomic E-state index is 12.8. The lowest BCUT2D eigenvalue weighted by atomic mass is 10.0. The summed E-state index contributed by atoms with van der Waals surface area (Å²) in [7, 11) is 2.04. The van der Waals surface area contributed by atoms with Crippen LogP contribution in [0.2, 0.25) is 0 Å². The Morgan fingerprint density at radius 3 is 2.50 bits per heavy atom. The summed E-state index contributed by atoms with van der Waals surface area (Å²) in [5.74, 6) is 1.03. The SMILES string of the molecule is CN1CCN(C(=O)C2(C(=O)Nc3ccc4c(c3)OCO4)CC2)CC1. The van der Waals surface area contributed by atoms with Crippen molar-refractivity contribution < 1.29 is 19.1 Å². The molecule has 1 N–H and O–H groups in total. The van der Waals surface area contributed by atoms with Gasteiger partial charge >= 0.3 is 0 Å². The van der Waals surface area contributed by atoms with Gasteiger partial charge in [-0.25, -0.2) is 0 Å². The van der Waals surface area contributed by atoms with E-state index in [1.165, 1.54) is 0 Å². The number of fused-ring (bicyclic) bond motifs is 1. The van der Waals surface area contributed by atoms with E-state index in [0.29, 0.717) is 43.1 Å². The van der Waals surface area contributed by atoms with Gasteiger partial charge in [-0.3, -0.25) is 9.59 Å². The Morgan fingerprint density at radius 2 is 1.79 bits per heavy atom. The minimum Gasteiger partial charge on any atom is -0.454 e. The number of amides is 2. The number of benzene rings is 1. The van der Waals surface area contributed by atoms with Crippen molar-refractivity contribution in [3.63, 3.8) is 0 Å². The molecular formula is C17H21N3O4. The molecule has 7 nitrogen and oxygen atoms in total. The zero-order valence-corrected chi connectivity index (χ0v) is 13.7. The molecule has 1 saturated carbocycles. The summed E-state index contributed by atoms with van der Waals surface area (Å²) >= 11 is 0. The van der Waals surface area contributed by atoms with Crippen molar-refractivity contribution >= 4 is 17.5 Å². The molecule has 2 amide bonds. The van der Waals surface area contributed by atoms with Gasteiger partial charge in [0, 0.05) is 37.9 Å². The second kappa shape index (κ2) is 5.66. The molecular weight excluding hydrogens is 310 g/mol. The number of rotatable bonds is 3. The van der Waals surface area contributed by atoms with E-state index >= 15 is 0 Å². The predicted molar refractivity (Wildman–Crippen MR) is 86.9 cm³/mol. The Bertz CT molecular complexity index is 678. The number of anilines is 1. The third kappa shape index (κ3) is 2.58. The monoisotopic (exact) mass is 331 g/mol. The number of hydrogen-bond acceptors (Lipinski definition) is 5. The number of nitrogens with one attached hydrogen (secondary N) is 1. The Labute approximate surface area is 140 Å². The topological polar surface area (TPSA) is 71.1 Å². The lowest BCUT2D eigenvalue weighted by molar-refractivity contribution is -0.143. The van der Waals surface area contributed by atoms with E-state index in [2.05, 4.69) is 10.2 Å². The number of carbonyl (C=O) groups excluding carboxylic acids is 2. The molecule has 0 unspecified atom stereocenters. The van der Waals surface area contributed by atoms with Gasteiger partial charge in [0.25, 0.3) is 0 Å². The van der Waals surface area contributed by atoms with Crippen LogP contribution < -0.4 is 14.8 Å². The second-order valence-electron chi connectivity index (χ2n) is 6.70. The van der Waals surface area contributed by atoms with Crippen LogP contribution in [0.1, 0.15) is 12.8 Å². The number of likely N-dealkylation sites (N-methyl/N-ethyl adjacent to an activating group) is 1. The van der Waals surface area contributed by atoms with Crippen molar-refractivity contribution in [2.45, 2.75) is 12.8 Å². The summed E-state index contributed by atoms with van der Waals surface area (Å²) in [4.78, 5) is 29.5. The van der Waals surface area contributed by atoms with Gasteiger partial charge in [-0.2, -0.15) is 0 Å². The van der Waals surface area contributed by atoms with Crippen LogP contribution in [0.25, 0.3) is 0 Å². The molecule has 1 aromatic rings. The first kappa shape index (κ1) is 15.3. The van der Waals surface area contributed by atoms with Crippen molar-refractivity contribution in [3.8, 4) is 11.5 Å². The van der Waals surface area contributed by atoms with Crippen LogP contribution in [0.15, 0.2) is 18.2 Å². The normalized spacial score (nSPS) is 21.5. The fraction of sp³-hybridized carbons (Fsp3) is 0.529. The van der Waals surface area contributed by atoms with Crippen LogP contribution in [0.3, 0.4) is 0 Å². The fourth-order valence-corrected chi connectivity index (χ4v) is 3.20. The first-order valence-corrected chi connectivity index (χ1v) is 8.27. The quantitative estimate of drug-likeness (QED) is 0.834. The molecule has 0 spiro atoms. The van der Waals surface area contributed by atoms with Crippen LogP contribution in [-0.4, -0.2) is 61.6 Å². The van der Waals surface area contributed by atoms with E-state index in [9.17, 15) is 9.59 Å². The maximum Gasteiger partial charge on any atom is 0.240 e. The average molecular weight is 331 g/mol. The Morgan fingerprint density at radius 1 is 1.08 bits per heavy atom. The van der Waals surface area contributed by atoms with Gasteiger partial charge in [-0.1, -0.05) is 0 Å². The molecule has 0 atom stereocenters. The van der Waals surface area contributed by atoms with E-state index in [0.717, 1.165) is 13.1 Å². The zero-order chi connectivity index (χ0) is 16.7. The molecule has 2 heterocycles. The first-order chi connectivity index (χ1) is 11.6. The van der Waals surface area contributed by atoms with Crippen molar-refractivity contribution in [3.05, 3.63) is 18.2 Å². The summed E-state index contributed by atoms with van der Waals surface area (Å²) in [6, 6.07) is 5.26. The summed E-state index contributed by atoms with van der Waals surface area (Å²) in [5, 5.41) is 2.87. The van der Waals surface area contributed by atoms with Crippen molar-refractivity contribution in [1.82, 2.24) is 9.80 Å². The molecule has 1 aliphatic carbocycles. The van der Waals surface area contributed by atoms with E-state index in [1.54, 1.807) is 18.2 Å². The molecule has 2 fully saturated rings. The zero-order valence-electron chi connectivity index (χ0n) is 13.7. The number of hydrogen-bond donors (Lipinski definition) is 1. The number of ether oxygens (including phenoxy) is 2. The lowest BCUT2D eigenvalue weighted by Crippen LogP contribution is -2.51. The number of nitrogens with zero attached hydrogens (tertiary/aromatic N) is 2. The van der Waals surface area contributed by atoms with Gasteiger partial charge in [0.15, 0.2) is 11.5 Å². The number of carbonyl (C=O) groups is 2. The third-order valence-electron chi connectivity index (χ3n) is 5.01. The molecule has 1 aromatic carbocycles. The Balaban J connectivity index is 1.44. The van der Waals surface area contributed by atoms with Gasteiger partial charge in [0.05, 0.1) is 0 Å². The van der Waals surface area contributed by atoms with E-state index in [4.69, 9.17) is 9.47 Å². The third-order valence-corrected chi connectivity index (χ3v) is 5.01. The summed E-state index contributed by atoms with van der Waals surface area (Å²) < 4.78 is 10.6. The molecule has 0 bridgehead atoms. The minimum absolute atomic E-state index is 0.0335. The summed E-state index contributed by atoms with van der Waals surface area (Å²) in [6.45, 7) is 3.28. The van der Waals surface area contributed by atoms with Crippen LogP contribution in [0.4, 0.5) is 5.69 Å². The predicted octanol–water partition coefficient (Wildman–Crippen LogP) is 0.908. The molecule has 0 aromatic heterocycles. The van der Waals surface area contributed by atoms with Crippen LogP contribution in [-0.2, 0) is 9.59 Å². The van der Waals surface area contributed by atoms with Crippen molar-refractivity contribution in [2.75, 3.05) is 45.3 Å². The molecule has 24 heavy (non-hydrogen) atoms. The molecule has 0 radical (unpaired) electrons. The molecule has 128 valence electrons. The highest BCUT2D eigenvalue weighted by Crippen LogP contribution is 2.48.